The van der Waals surface area contributed by atoms with Crippen LogP contribution in [0.5, 0.6) is 0 Å². The summed E-state index contributed by atoms with van der Waals surface area (Å²) in [4.78, 5) is 0. The van der Waals surface area contributed by atoms with E-state index < -0.39 is 0 Å². The molecule has 0 saturated heterocycles. The topological polar surface area (TPSA) is 9.23 Å². The van der Waals surface area contributed by atoms with Crippen molar-refractivity contribution in [2.24, 2.45) is 0 Å². The number of hydrogen-bond acceptors (Lipinski definition) is 1. The predicted octanol–water partition coefficient (Wildman–Crippen LogP) is 1.87. The van der Waals surface area contributed by atoms with Crippen molar-refractivity contribution >= 4 is 0 Å². The van der Waals surface area contributed by atoms with Crippen molar-refractivity contribution < 1.29 is 4.74 Å². The molecule has 0 radical (unpaired) electrons. The van der Waals surface area contributed by atoms with Crippen LogP contribution in [-0.4, -0.2) is 6.10 Å². The SMILES string of the molecule is CC#CC#C/C=C/[C@H]1CC=CO1. The zero-order chi connectivity index (χ0) is 8.65. The van der Waals surface area contributed by atoms with Gasteiger partial charge in [0.2, 0.25) is 0 Å². The van der Waals surface area contributed by atoms with E-state index in [1.165, 1.54) is 0 Å². The van der Waals surface area contributed by atoms with Crippen molar-refractivity contribution in [1.29, 1.82) is 0 Å². The second-order valence-corrected chi connectivity index (χ2v) is 2.29. The number of rotatable bonds is 1. The summed E-state index contributed by atoms with van der Waals surface area (Å²) in [5.74, 6) is 10.8. The van der Waals surface area contributed by atoms with E-state index in [4.69, 9.17) is 4.74 Å². The lowest BCUT2D eigenvalue weighted by Gasteiger charge is -2.00. The first-order chi connectivity index (χ1) is 5.93. The summed E-state index contributed by atoms with van der Waals surface area (Å²) in [6.07, 6.45) is 8.54. The van der Waals surface area contributed by atoms with Crippen molar-refractivity contribution in [3.63, 3.8) is 0 Å². The average Bonchev–Trinajstić information content (AvgIpc) is 2.57. The molecule has 0 fully saturated rings. The number of allylic oxidation sites excluding steroid dienone is 1. The Hall–Kier alpha value is -1.60. The Balaban J connectivity index is 2.30. The molecule has 1 heterocycles. The van der Waals surface area contributed by atoms with Gasteiger partial charge in [-0.15, -0.1) is 0 Å². The first kappa shape index (κ1) is 8.50. The van der Waals surface area contributed by atoms with Gasteiger partial charge in [-0.25, -0.2) is 0 Å². The van der Waals surface area contributed by atoms with Crippen LogP contribution < -0.4 is 0 Å². The van der Waals surface area contributed by atoms with E-state index in [1.54, 1.807) is 19.3 Å². The maximum Gasteiger partial charge on any atom is 0.120 e. The fraction of sp³-hybridized carbons (Fsp3) is 0.273. The minimum atomic E-state index is 0.175. The summed E-state index contributed by atoms with van der Waals surface area (Å²) < 4.78 is 5.19. The third kappa shape index (κ3) is 2.99. The molecule has 0 spiro atoms. The molecule has 0 bridgehead atoms. The van der Waals surface area contributed by atoms with Crippen molar-refractivity contribution in [3.05, 3.63) is 24.5 Å². The average molecular weight is 158 g/mol. The van der Waals surface area contributed by atoms with Crippen molar-refractivity contribution in [3.8, 4) is 23.7 Å². The Morgan fingerprint density at radius 2 is 2.42 bits per heavy atom. The van der Waals surface area contributed by atoms with E-state index in [1.807, 2.05) is 12.2 Å². The molecule has 1 nitrogen and oxygen atoms in total. The molecule has 60 valence electrons. The van der Waals surface area contributed by atoms with Gasteiger partial charge in [0, 0.05) is 6.42 Å². The molecular formula is C11H10O. The lowest BCUT2D eigenvalue weighted by atomic mass is 10.2. The Bertz CT molecular complexity index is 293. The zero-order valence-electron chi connectivity index (χ0n) is 7.00. The van der Waals surface area contributed by atoms with Gasteiger partial charge in [-0.05, 0) is 37.0 Å². The molecule has 1 heteroatoms. The Morgan fingerprint density at radius 1 is 1.50 bits per heavy atom. The molecule has 0 unspecified atom stereocenters. The highest BCUT2D eigenvalue weighted by atomic mass is 16.5. The summed E-state index contributed by atoms with van der Waals surface area (Å²) >= 11 is 0. The van der Waals surface area contributed by atoms with E-state index in [0.717, 1.165) is 6.42 Å². The summed E-state index contributed by atoms with van der Waals surface area (Å²) in [5.41, 5.74) is 0. The van der Waals surface area contributed by atoms with Crippen LogP contribution in [0.3, 0.4) is 0 Å². The summed E-state index contributed by atoms with van der Waals surface area (Å²) in [5, 5.41) is 0. The van der Waals surface area contributed by atoms with Gasteiger partial charge in [0.05, 0.1) is 6.26 Å². The second-order valence-electron chi connectivity index (χ2n) is 2.29. The highest BCUT2D eigenvalue weighted by Gasteiger charge is 2.04. The van der Waals surface area contributed by atoms with Crippen LogP contribution in [0, 0.1) is 23.7 Å². The van der Waals surface area contributed by atoms with Crippen LogP contribution in [0.4, 0.5) is 0 Å². The standard InChI is InChI=1S/C11H10O/c1-2-3-4-5-6-8-11-9-7-10-12-11/h6-8,10-11H,9H2,1H3/b8-6+/t11-/m0/s1. The summed E-state index contributed by atoms with van der Waals surface area (Å²) in [6, 6.07) is 0. The minimum absolute atomic E-state index is 0.175. The molecule has 1 atom stereocenters. The van der Waals surface area contributed by atoms with Gasteiger partial charge in [-0.1, -0.05) is 11.8 Å². The Labute approximate surface area is 73.1 Å². The van der Waals surface area contributed by atoms with Crippen LogP contribution in [0.15, 0.2) is 24.5 Å². The van der Waals surface area contributed by atoms with Crippen molar-refractivity contribution in [1.82, 2.24) is 0 Å². The first-order valence-electron chi connectivity index (χ1n) is 3.83. The second kappa shape index (κ2) is 5.10. The van der Waals surface area contributed by atoms with Crippen molar-refractivity contribution in [2.45, 2.75) is 19.4 Å². The molecule has 1 aliphatic heterocycles. The molecule has 0 aromatic rings. The molecule has 0 N–H and O–H groups in total. The molecule has 0 aliphatic carbocycles. The van der Waals surface area contributed by atoms with Crippen LogP contribution in [0.2, 0.25) is 0 Å². The third-order valence-electron chi connectivity index (χ3n) is 1.37. The van der Waals surface area contributed by atoms with Gasteiger partial charge < -0.3 is 4.74 Å². The van der Waals surface area contributed by atoms with E-state index in [9.17, 15) is 0 Å². The van der Waals surface area contributed by atoms with E-state index in [-0.39, 0.29) is 6.10 Å². The quantitative estimate of drug-likeness (QED) is 0.529. The van der Waals surface area contributed by atoms with Gasteiger partial charge in [0.1, 0.15) is 6.10 Å². The first-order valence-corrected chi connectivity index (χ1v) is 3.83. The van der Waals surface area contributed by atoms with E-state index in [0.29, 0.717) is 0 Å². The van der Waals surface area contributed by atoms with Crippen LogP contribution >= 0.6 is 0 Å². The van der Waals surface area contributed by atoms with Gasteiger partial charge in [0.25, 0.3) is 0 Å². The van der Waals surface area contributed by atoms with Crippen LogP contribution in [0.25, 0.3) is 0 Å². The molecule has 0 aromatic carbocycles. The molecule has 1 rings (SSSR count). The van der Waals surface area contributed by atoms with Gasteiger partial charge in [-0.2, -0.15) is 0 Å². The van der Waals surface area contributed by atoms with Crippen LogP contribution in [-0.2, 0) is 4.74 Å². The molecular weight excluding hydrogens is 148 g/mol. The molecule has 0 amide bonds. The number of hydrogen-bond donors (Lipinski definition) is 0. The highest BCUT2D eigenvalue weighted by molar-refractivity contribution is 5.30. The lowest BCUT2D eigenvalue weighted by molar-refractivity contribution is 0.214. The van der Waals surface area contributed by atoms with Gasteiger partial charge in [0.15, 0.2) is 0 Å². The molecule has 12 heavy (non-hydrogen) atoms. The van der Waals surface area contributed by atoms with E-state index >= 15 is 0 Å². The number of ether oxygens (including phenoxy) is 1. The largest absolute Gasteiger partial charge is 0.494 e. The monoisotopic (exact) mass is 158 g/mol. The predicted molar refractivity (Wildman–Crippen MR) is 49.0 cm³/mol. The fourth-order valence-electron chi connectivity index (χ4n) is 0.821. The molecule has 0 saturated carbocycles. The maximum absolute atomic E-state index is 5.19. The fourth-order valence-corrected chi connectivity index (χ4v) is 0.821. The minimum Gasteiger partial charge on any atom is -0.494 e. The Morgan fingerprint density at radius 3 is 3.08 bits per heavy atom. The summed E-state index contributed by atoms with van der Waals surface area (Å²) in [6.45, 7) is 1.77. The van der Waals surface area contributed by atoms with E-state index in [2.05, 4.69) is 23.7 Å². The maximum atomic E-state index is 5.19. The normalized spacial score (nSPS) is 19.2. The smallest absolute Gasteiger partial charge is 0.120 e. The van der Waals surface area contributed by atoms with Crippen molar-refractivity contribution in [2.75, 3.05) is 0 Å². The van der Waals surface area contributed by atoms with Gasteiger partial charge >= 0.3 is 0 Å². The Kier molecular flexibility index (Phi) is 3.61. The molecule has 1 aliphatic rings. The molecule has 0 aromatic heterocycles. The third-order valence-corrected chi connectivity index (χ3v) is 1.37. The van der Waals surface area contributed by atoms with Crippen LogP contribution in [0.1, 0.15) is 13.3 Å². The lowest BCUT2D eigenvalue weighted by Crippen LogP contribution is -1.97. The highest BCUT2D eigenvalue weighted by Crippen LogP contribution is 2.08. The summed E-state index contributed by atoms with van der Waals surface area (Å²) in [7, 11) is 0. The van der Waals surface area contributed by atoms with Gasteiger partial charge in [-0.3, -0.25) is 0 Å². The zero-order valence-corrected chi connectivity index (χ0v) is 7.00.